The Morgan fingerprint density at radius 2 is 0.893 bits per heavy atom. The van der Waals surface area contributed by atoms with E-state index in [4.69, 9.17) is 42.6 Å². The lowest BCUT2D eigenvalue weighted by Gasteiger charge is -2.31. The molecule has 398 valence electrons. The fraction of sp³-hybridized carbons (Fsp3) is 0.255. The summed E-state index contributed by atoms with van der Waals surface area (Å²) in [7, 11) is 0. The summed E-state index contributed by atoms with van der Waals surface area (Å²) in [5.74, 6) is -4.25. The second-order valence-corrected chi connectivity index (χ2v) is 15.7. The van der Waals surface area contributed by atoms with Gasteiger partial charge in [-0.2, -0.15) is 0 Å². The van der Waals surface area contributed by atoms with Crippen molar-refractivity contribution >= 4 is 65.2 Å². The van der Waals surface area contributed by atoms with Crippen molar-refractivity contribution in [2.45, 2.75) is 19.8 Å². The number of ether oxygens (including phenoxy) is 9. The van der Waals surface area contributed by atoms with E-state index in [1.54, 1.807) is 13.0 Å². The summed E-state index contributed by atoms with van der Waals surface area (Å²) in [6.45, 7) is 21.9. The maximum Gasteiger partial charge on any atom is 0.411 e. The van der Waals surface area contributed by atoms with Gasteiger partial charge in [0.2, 0.25) is 0 Å². The Balaban J connectivity index is 0.000000793. The molecule has 2 N–H and O–H groups in total. The fourth-order valence-electron chi connectivity index (χ4n) is 5.87. The fourth-order valence-corrected chi connectivity index (χ4v) is 5.87. The van der Waals surface area contributed by atoms with Crippen molar-refractivity contribution in [2.24, 2.45) is 10.8 Å². The number of carbonyl (C=O) groups excluding carboxylic acids is 9. The monoisotopic (exact) mass is 1040 g/mol. The number of benzene rings is 3. The average Bonchev–Trinajstić information content (AvgIpc) is 3.43. The number of anilines is 2. The third-order valence-corrected chi connectivity index (χ3v) is 10.0. The third-order valence-electron chi connectivity index (χ3n) is 10.0. The SMILES string of the molecule is C=CC(=O)CCC(COC(=O)C=C)(COC(=O)C=C)COC(=O)Nc1cc(NC(=O)OCC(COC(=O)C=C)(COC(=O)C=C)COC(=O)C=C)ccc1C.C=CC(=O)OCCOc1ccccc1-c1ccccc1. The Kier molecular flexibility index (Phi) is 27.5. The van der Waals surface area contributed by atoms with Gasteiger partial charge in [0.25, 0.3) is 0 Å². The maximum absolute atomic E-state index is 13.0. The first-order chi connectivity index (χ1) is 35.9. The maximum atomic E-state index is 13.0. The van der Waals surface area contributed by atoms with Crippen LogP contribution in [0.3, 0.4) is 0 Å². The van der Waals surface area contributed by atoms with Crippen LogP contribution in [0.1, 0.15) is 18.4 Å². The van der Waals surface area contributed by atoms with Crippen LogP contribution in [0.2, 0.25) is 0 Å². The summed E-state index contributed by atoms with van der Waals surface area (Å²) in [6, 6.07) is 22.2. The summed E-state index contributed by atoms with van der Waals surface area (Å²) in [4.78, 5) is 108. The van der Waals surface area contributed by atoms with Gasteiger partial charge in [-0.3, -0.25) is 15.4 Å². The Bertz CT molecular complexity index is 2430. The number of para-hydroxylation sites is 1. The molecule has 0 bridgehead atoms. The molecule has 0 unspecified atom stereocenters. The van der Waals surface area contributed by atoms with Gasteiger partial charge < -0.3 is 42.6 Å². The number of nitrogens with one attached hydrogen (secondary N) is 2. The molecule has 0 atom stereocenters. The minimum absolute atomic E-state index is 0.0497. The minimum atomic E-state index is -1.58. The predicted molar refractivity (Wildman–Crippen MR) is 275 cm³/mol. The van der Waals surface area contributed by atoms with Crippen molar-refractivity contribution in [3.05, 3.63) is 167 Å². The number of aryl methyl sites for hydroxylation is 1. The van der Waals surface area contributed by atoms with E-state index in [2.05, 4.69) is 56.7 Å². The number of esters is 6. The molecule has 0 spiro atoms. The molecule has 0 saturated carbocycles. The van der Waals surface area contributed by atoms with Crippen LogP contribution in [-0.4, -0.2) is 113 Å². The zero-order valence-electron chi connectivity index (χ0n) is 41.5. The number of rotatable bonds is 31. The van der Waals surface area contributed by atoms with Gasteiger partial charge in [-0.25, -0.2) is 38.4 Å². The second-order valence-electron chi connectivity index (χ2n) is 15.7. The molecule has 3 aromatic carbocycles. The van der Waals surface area contributed by atoms with Gasteiger partial charge in [0.1, 0.15) is 70.6 Å². The Hall–Kier alpha value is -9.33. The topological polar surface area (TPSA) is 261 Å². The zero-order chi connectivity index (χ0) is 55.7. The lowest BCUT2D eigenvalue weighted by Crippen LogP contribution is -2.44. The Morgan fingerprint density at radius 3 is 1.39 bits per heavy atom. The van der Waals surface area contributed by atoms with Gasteiger partial charge in [0, 0.05) is 59.8 Å². The molecule has 0 aliphatic heterocycles. The van der Waals surface area contributed by atoms with E-state index in [1.165, 1.54) is 12.1 Å². The van der Waals surface area contributed by atoms with Crippen molar-refractivity contribution in [3.63, 3.8) is 0 Å². The van der Waals surface area contributed by atoms with Crippen molar-refractivity contribution in [1.82, 2.24) is 0 Å². The molecule has 3 aromatic rings. The molecule has 0 fully saturated rings. The van der Waals surface area contributed by atoms with E-state index in [0.717, 1.165) is 59.4 Å². The molecule has 0 aromatic heterocycles. The van der Waals surface area contributed by atoms with Crippen LogP contribution < -0.4 is 15.4 Å². The highest BCUT2D eigenvalue weighted by Gasteiger charge is 2.38. The van der Waals surface area contributed by atoms with Crippen LogP contribution in [0.25, 0.3) is 11.1 Å². The van der Waals surface area contributed by atoms with Crippen molar-refractivity contribution < 1.29 is 85.8 Å². The van der Waals surface area contributed by atoms with Crippen molar-refractivity contribution in [3.8, 4) is 16.9 Å². The van der Waals surface area contributed by atoms with E-state index >= 15 is 0 Å². The zero-order valence-corrected chi connectivity index (χ0v) is 41.5. The highest BCUT2D eigenvalue weighted by Crippen LogP contribution is 2.30. The first-order valence-electron chi connectivity index (χ1n) is 22.6. The van der Waals surface area contributed by atoms with Crippen LogP contribution in [-0.2, 0) is 71.5 Å². The van der Waals surface area contributed by atoms with Crippen molar-refractivity contribution in [1.29, 1.82) is 0 Å². The number of ketones is 1. The van der Waals surface area contributed by atoms with Crippen LogP contribution in [0.15, 0.2) is 161 Å². The van der Waals surface area contributed by atoms with E-state index in [1.807, 2.05) is 54.6 Å². The van der Waals surface area contributed by atoms with Crippen molar-refractivity contribution in [2.75, 3.05) is 70.1 Å². The molecule has 0 radical (unpaired) electrons. The summed E-state index contributed by atoms with van der Waals surface area (Å²) < 4.78 is 47.0. The highest BCUT2D eigenvalue weighted by atomic mass is 16.6. The second kappa shape index (κ2) is 33.3. The standard InChI is InChI=1S/C38H44N2O15.C17H16O3/c1-8-28(41)16-17-37(19-49-30(42)9-2,20-50-31(43)10-3)21-54-36(48)40-29-18-27(15-14-26(29)7)39-35(47)55-25-38(22-51-32(44)11-4,23-52-33(45)12-5)24-53-34(46)13-6;1-2-17(18)20-13-12-19-16-11-7-6-10-15(16)14-8-4-3-5-9-14/h8-15,18H,1-6,16-17,19-25H2,7H3,(H,39,47)(H,40,48);2-11H,1,12-13H2. The first kappa shape index (κ1) is 61.8. The molecule has 0 aliphatic carbocycles. The molecule has 20 nitrogen and oxygen atoms in total. The lowest BCUT2D eigenvalue weighted by molar-refractivity contribution is -0.159. The van der Waals surface area contributed by atoms with Crippen LogP contribution in [0, 0.1) is 17.8 Å². The highest BCUT2D eigenvalue weighted by molar-refractivity contribution is 5.90. The summed E-state index contributed by atoms with van der Waals surface area (Å²) in [5, 5.41) is 4.99. The van der Waals surface area contributed by atoms with E-state index in [0.29, 0.717) is 12.2 Å². The van der Waals surface area contributed by atoms with Gasteiger partial charge in [-0.15, -0.1) is 0 Å². The van der Waals surface area contributed by atoms with Gasteiger partial charge >= 0.3 is 48.0 Å². The number of hydrogen-bond donors (Lipinski definition) is 2. The van der Waals surface area contributed by atoms with E-state index < -0.39 is 105 Å². The smallest absolute Gasteiger partial charge is 0.411 e. The van der Waals surface area contributed by atoms with Gasteiger partial charge in [-0.05, 0) is 48.7 Å². The molecule has 2 amide bonds. The number of carbonyl (C=O) groups is 9. The van der Waals surface area contributed by atoms with Crippen LogP contribution in [0.4, 0.5) is 21.0 Å². The summed E-state index contributed by atoms with van der Waals surface area (Å²) >= 11 is 0. The molecule has 0 heterocycles. The van der Waals surface area contributed by atoms with Gasteiger partial charge in [0.05, 0.1) is 5.41 Å². The first-order valence-corrected chi connectivity index (χ1v) is 22.6. The molecule has 20 heteroatoms. The molecule has 75 heavy (non-hydrogen) atoms. The lowest BCUT2D eigenvalue weighted by atomic mass is 9.84. The van der Waals surface area contributed by atoms with Gasteiger partial charge in [0.15, 0.2) is 5.78 Å². The normalized spacial score (nSPS) is 10.3. The average molecular weight is 1040 g/mol. The van der Waals surface area contributed by atoms with Gasteiger partial charge in [-0.1, -0.05) is 101 Å². The number of hydrogen-bond acceptors (Lipinski definition) is 18. The molecular formula is C55H60N2O18. The molecule has 0 aliphatic rings. The summed E-state index contributed by atoms with van der Waals surface area (Å²) in [6.07, 6.45) is 4.41. The molecule has 0 saturated heterocycles. The Morgan fingerprint density at radius 1 is 0.467 bits per heavy atom. The predicted octanol–water partition coefficient (Wildman–Crippen LogP) is 7.71. The van der Waals surface area contributed by atoms with Crippen LogP contribution >= 0.6 is 0 Å². The number of allylic oxidation sites excluding steroid dienone is 1. The van der Waals surface area contributed by atoms with Crippen LogP contribution in [0.5, 0.6) is 5.75 Å². The summed E-state index contributed by atoms with van der Waals surface area (Å²) in [5.41, 5.74) is -0.0354. The van der Waals surface area contributed by atoms with E-state index in [-0.39, 0.29) is 36.6 Å². The minimum Gasteiger partial charge on any atom is -0.489 e. The largest absolute Gasteiger partial charge is 0.489 e. The van der Waals surface area contributed by atoms with E-state index in [9.17, 15) is 43.2 Å². The number of amides is 2. The Labute approximate surface area is 434 Å². The third kappa shape index (κ3) is 23.6. The quantitative estimate of drug-likeness (QED) is 0.0270. The molecular weight excluding hydrogens is 977 g/mol. The molecule has 3 rings (SSSR count).